The molecule has 2 rings (SSSR count). The summed E-state index contributed by atoms with van der Waals surface area (Å²) in [6, 6.07) is 3.83. The molecule has 0 radical (unpaired) electrons. The van der Waals surface area contributed by atoms with Gasteiger partial charge < -0.3 is 14.2 Å². The lowest BCUT2D eigenvalue weighted by atomic mass is 10.0. The Labute approximate surface area is 112 Å². The van der Waals surface area contributed by atoms with Crippen molar-refractivity contribution >= 4 is 11.9 Å². The van der Waals surface area contributed by atoms with E-state index in [2.05, 4.69) is 6.58 Å². The highest BCUT2D eigenvalue weighted by atomic mass is 16.5. The van der Waals surface area contributed by atoms with E-state index in [1.54, 1.807) is 11.0 Å². The molecule has 19 heavy (non-hydrogen) atoms. The minimum Gasteiger partial charge on any atom is -0.464 e. The third kappa shape index (κ3) is 2.70. The molecule has 0 atom stereocenters. The van der Waals surface area contributed by atoms with Gasteiger partial charge in [0, 0.05) is 25.3 Å². The van der Waals surface area contributed by atoms with E-state index in [0.717, 1.165) is 12.8 Å². The van der Waals surface area contributed by atoms with Crippen molar-refractivity contribution in [2.75, 3.05) is 20.2 Å². The second-order valence-electron chi connectivity index (χ2n) is 4.55. The van der Waals surface area contributed by atoms with Gasteiger partial charge in [0.2, 0.25) is 5.91 Å². The van der Waals surface area contributed by atoms with E-state index in [1.807, 2.05) is 16.8 Å². The Morgan fingerprint density at radius 1 is 1.42 bits per heavy atom. The van der Waals surface area contributed by atoms with Crippen LogP contribution >= 0.6 is 0 Å². The summed E-state index contributed by atoms with van der Waals surface area (Å²) in [5, 5.41) is 0. The number of hydrogen-bond donors (Lipinski definition) is 0. The van der Waals surface area contributed by atoms with E-state index < -0.39 is 0 Å². The molecular weight excluding hydrogens is 244 g/mol. The number of ether oxygens (including phenoxy) is 1. The summed E-state index contributed by atoms with van der Waals surface area (Å²) >= 11 is 0. The van der Waals surface area contributed by atoms with Gasteiger partial charge in [0.25, 0.3) is 0 Å². The second kappa shape index (κ2) is 5.73. The zero-order chi connectivity index (χ0) is 13.8. The zero-order valence-electron chi connectivity index (χ0n) is 11.0. The molecule has 1 aromatic heterocycles. The van der Waals surface area contributed by atoms with E-state index in [4.69, 9.17) is 4.74 Å². The van der Waals surface area contributed by atoms with Crippen molar-refractivity contribution in [3.05, 3.63) is 36.7 Å². The highest BCUT2D eigenvalue weighted by molar-refractivity contribution is 5.88. The first kappa shape index (κ1) is 13.4. The lowest BCUT2D eigenvalue weighted by Crippen LogP contribution is -2.38. The molecule has 0 N–H and O–H groups in total. The molecule has 1 fully saturated rings. The van der Waals surface area contributed by atoms with Gasteiger partial charge in [-0.3, -0.25) is 4.79 Å². The van der Waals surface area contributed by atoms with Crippen molar-refractivity contribution in [2.45, 2.75) is 18.9 Å². The maximum absolute atomic E-state index is 11.6. The number of esters is 1. The average Bonchev–Trinajstić information content (AvgIpc) is 2.95. The van der Waals surface area contributed by atoms with E-state index in [0.29, 0.717) is 18.8 Å². The molecule has 0 aromatic carbocycles. The Hall–Kier alpha value is -2.04. The minimum atomic E-state index is -0.324. The molecule has 1 saturated heterocycles. The number of amides is 1. The zero-order valence-corrected chi connectivity index (χ0v) is 11.0. The molecular formula is C14H18N2O3. The molecule has 102 valence electrons. The lowest BCUT2D eigenvalue weighted by Gasteiger charge is -2.32. The topological polar surface area (TPSA) is 51.5 Å². The number of methoxy groups -OCH3 is 1. The molecule has 1 aromatic rings. The maximum Gasteiger partial charge on any atom is 0.354 e. The minimum absolute atomic E-state index is 0.0286. The Morgan fingerprint density at radius 2 is 2.11 bits per heavy atom. The largest absolute Gasteiger partial charge is 0.464 e. The Morgan fingerprint density at radius 3 is 2.68 bits per heavy atom. The van der Waals surface area contributed by atoms with Gasteiger partial charge in [-0.05, 0) is 31.1 Å². The van der Waals surface area contributed by atoms with Gasteiger partial charge in [-0.1, -0.05) is 6.58 Å². The van der Waals surface area contributed by atoms with Crippen LogP contribution < -0.4 is 0 Å². The smallest absolute Gasteiger partial charge is 0.354 e. The van der Waals surface area contributed by atoms with Crippen molar-refractivity contribution in [3.63, 3.8) is 0 Å². The van der Waals surface area contributed by atoms with E-state index in [9.17, 15) is 9.59 Å². The normalized spacial score (nSPS) is 16.2. The van der Waals surface area contributed by atoms with Gasteiger partial charge in [0.15, 0.2) is 0 Å². The van der Waals surface area contributed by atoms with Gasteiger partial charge in [-0.25, -0.2) is 4.79 Å². The number of nitrogens with zero attached hydrogens (tertiary/aromatic N) is 2. The van der Waals surface area contributed by atoms with Crippen LogP contribution in [0.3, 0.4) is 0 Å². The van der Waals surface area contributed by atoms with Crippen LogP contribution in [0.4, 0.5) is 0 Å². The van der Waals surface area contributed by atoms with Crippen LogP contribution in [0.25, 0.3) is 0 Å². The molecule has 5 heteroatoms. The SMILES string of the molecule is C=CC(=O)N1CCC(n2cccc2C(=O)OC)CC1. The van der Waals surface area contributed by atoms with Crippen molar-refractivity contribution in [1.29, 1.82) is 0 Å². The molecule has 5 nitrogen and oxygen atoms in total. The standard InChI is InChI=1S/C14H18N2O3/c1-3-13(17)15-9-6-11(7-10-15)16-8-4-5-12(16)14(18)19-2/h3-5,8,11H,1,6-7,9-10H2,2H3. The first-order valence-electron chi connectivity index (χ1n) is 6.34. The molecule has 1 amide bonds. The van der Waals surface area contributed by atoms with Crippen LogP contribution in [0.1, 0.15) is 29.4 Å². The Balaban J connectivity index is 2.06. The molecule has 0 unspecified atom stereocenters. The van der Waals surface area contributed by atoms with Crippen LogP contribution in [0.5, 0.6) is 0 Å². The predicted octanol–water partition coefficient (Wildman–Crippen LogP) is 1.62. The van der Waals surface area contributed by atoms with Crippen molar-refractivity contribution in [2.24, 2.45) is 0 Å². The summed E-state index contributed by atoms with van der Waals surface area (Å²) in [6.45, 7) is 4.87. The first-order chi connectivity index (χ1) is 9.17. The fraction of sp³-hybridized carbons (Fsp3) is 0.429. The summed E-state index contributed by atoms with van der Waals surface area (Å²) < 4.78 is 6.71. The third-order valence-corrected chi connectivity index (χ3v) is 3.52. The lowest BCUT2D eigenvalue weighted by molar-refractivity contribution is -0.127. The number of hydrogen-bond acceptors (Lipinski definition) is 3. The molecule has 2 heterocycles. The summed E-state index contributed by atoms with van der Waals surface area (Å²) in [5.74, 6) is -0.353. The summed E-state index contributed by atoms with van der Waals surface area (Å²) in [5.41, 5.74) is 0.566. The fourth-order valence-corrected chi connectivity index (χ4v) is 2.48. The predicted molar refractivity (Wildman–Crippen MR) is 70.8 cm³/mol. The summed E-state index contributed by atoms with van der Waals surface area (Å²) in [6.07, 6.45) is 4.90. The maximum atomic E-state index is 11.6. The fourth-order valence-electron chi connectivity index (χ4n) is 2.48. The van der Waals surface area contributed by atoms with Crippen LogP contribution in [0, 0.1) is 0 Å². The summed E-state index contributed by atoms with van der Waals surface area (Å²) in [7, 11) is 1.38. The van der Waals surface area contributed by atoms with Gasteiger partial charge in [-0.15, -0.1) is 0 Å². The Kier molecular flexibility index (Phi) is 4.04. The van der Waals surface area contributed by atoms with Crippen molar-refractivity contribution in [3.8, 4) is 0 Å². The third-order valence-electron chi connectivity index (χ3n) is 3.52. The van der Waals surface area contributed by atoms with Crippen LogP contribution in [0.15, 0.2) is 31.0 Å². The van der Waals surface area contributed by atoms with Gasteiger partial charge >= 0.3 is 5.97 Å². The molecule has 0 aliphatic carbocycles. The average molecular weight is 262 g/mol. The molecule has 0 bridgehead atoms. The van der Waals surface area contributed by atoms with Crippen LogP contribution in [0.2, 0.25) is 0 Å². The van der Waals surface area contributed by atoms with E-state index in [-0.39, 0.29) is 17.9 Å². The van der Waals surface area contributed by atoms with Crippen molar-refractivity contribution < 1.29 is 14.3 Å². The van der Waals surface area contributed by atoms with Gasteiger partial charge in [0.05, 0.1) is 7.11 Å². The first-order valence-corrected chi connectivity index (χ1v) is 6.34. The van der Waals surface area contributed by atoms with Crippen LogP contribution in [-0.4, -0.2) is 41.5 Å². The number of rotatable bonds is 3. The molecule has 1 aliphatic rings. The summed E-state index contributed by atoms with van der Waals surface area (Å²) in [4.78, 5) is 24.9. The monoisotopic (exact) mass is 262 g/mol. The molecule has 0 spiro atoms. The van der Waals surface area contributed by atoms with Gasteiger partial charge in [-0.2, -0.15) is 0 Å². The number of aromatic nitrogens is 1. The molecule has 0 saturated carbocycles. The van der Waals surface area contributed by atoms with Crippen LogP contribution in [-0.2, 0) is 9.53 Å². The Bertz CT molecular complexity index is 485. The highest BCUT2D eigenvalue weighted by Crippen LogP contribution is 2.25. The van der Waals surface area contributed by atoms with E-state index in [1.165, 1.54) is 13.2 Å². The number of carbonyl (C=O) groups excluding carboxylic acids is 2. The second-order valence-corrected chi connectivity index (χ2v) is 4.55. The number of piperidine rings is 1. The quantitative estimate of drug-likeness (QED) is 0.614. The highest BCUT2D eigenvalue weighted by Gasteiger charge is 2.24. The number of likely N-dealkylation sites (tertiary alicyclic amines) is 1. The van der Waals surface area contributed by atoms with Crippen molar-refractivity contribution in [1.82, 2.24) is 9.47 Å². The molecule has 1 aliphatic heterocycles. The van der Waals surface area contributed by atoms with Gasteiger partial charge in [0.1, 0.15) is 5.69 Å². The number of carbonyl (C=O) groups is 2. The van der Waals surface area contributed by atoms with E-state index >= 15 is 0 Å².